The Morgan fingerprint density at radius 1 is 1.07 bits per heavy atom. The molecule has 2 saturated heterocycles. The third kappa shape index (κ3) is 2.94. The van der Waals surface area contributed by atoms with E-state index in [0.717, 1.165) is 41.9 Å². The molecular formula is C21H25N5O. The standard InChI is InChI=1S/C21H25N5O/c27-15-4-5-17(23-12-15)16-13-24-20-19(16)18(6-10-22-20)26-11-3-8-21(14-26)7-1-2-9-25-21/h4-6,10,12-13,25,27H,1-3,7-9,11,14H2,(H,22,24). The number of anilines is 1. The summed E-state index contributed by atoms with van der Waals surface area (Å²) in [6, 6.07) is 5.66. The Morgan fingerprint density at radius 3 is 2.81 bits per heavy atom. The van der Waals surface area contributed by atoms with E-state index < -0.39 is 0 Å². The van der Waals surface area contributed by atoms with E-state index in [2.05, 4.69) is 31.2 Å². The topological polar surface area (TPSA) is 77.1 Å². The molecule has 0 aliphatic carbocycles. The van der Waals surface area contributed by atoms with Crippen LogP contribution in [0.5, 0.6) is 5.75 Å². The van der Waals surface area contributed by atoms with Crippen LogP contribution in [-0.4, -0.2) is 45.2 Å². The number of fused-ring (bicyclic) bond motifs is 1. The fraction of sp³-hybridized carbons (Fsp3) is 0.429. The molecule has 2 fully saturated rings. The van der Waals surface area contributed by atoms with Crippen LogP contribution >= 0.6 is 0 Å². The van der Waals surface area contributed by atoms with Gasteiger partial charge in [0, 0.05) is 36.6 Å². The number of nitrogens with zero attached hydrogens (tertiary/aromatic N) is 3. The van der Waals surface area contributed by atoms with Crippen molar-refractivity contribution in [2.75, 3.05) is 24.5 Å². The van der Waals surface area contributed by atoms with Crippen LogP contribution < -0.4 is 10.2 Å². The van der Waals surface area contributed by atoms with Crippen LogP contribution in [-0.2, 0) is 0 Å². The molecule has 5 rings (SSSR count). The highest BCUT2D eigenvalue weighted by Crippen LogP contribution is 2.38. The lowest BCUT2D eigenvalue weighted by Crippen LogP contribution is -2.59. The predicted octanol–water partition coefficient (Wildman–Crippen LogP) is 3.44. The summed E-state index contributed by atoms with van der Waals surface area (Å²) in [6.45, 7) is 3.24. The monoisotopic (exact) mass is 363 g/mol. The summed E-state index contributed by atoms with van der Waals surface area (Å²) in [5.74, 6) is 0.179. The van der Waals surface area contributed by atoms with Gasteiger partial charge < -0.3 is 20.3 Å². The minimum atomic E-state index is 0.179. The quantitative estimate of drug-likeness (QED) is 0.650. The van der Waals surface area contributed by atoms with E-state index in [-0.39, 0.29) is 11.3 Å². The second-order valence-corrected chi connectivity index (χ2v) is 7.85. The maximum absolute atomic E-state index is 9.57. The smallest absolute Gasteiger partial charge is 0.140 e. The second kappa shape index (κ2) is 6.53. The Labute approximate surface area is 158 Å². The van der Waals surface area contributed by atoms with Crippen molar-refractivity contribution in [1.82, 2.24) is 20.3 Å². The first-order valence-corrected chi connectivity index (χ1v) is 9.86. The van der Waals surface area contributed by atoms with Crippen molar-refractivity contribution >= 4 is 16.7 Å². The fourth-order valence-corrected chi connectivity index (χ4v) is 4.77. The molecule has 0 saturated carbocycles. The minimum Gasteiger partial charge on any atom is -0.506 e. The normalized spacial score (nSPS) is 23.2. The summed E-state index contributed by atoms with van der Waals surface area (Å²) >= 11 is 0. The molecule has 6 heteroatoms. The summed E-state index contributed by atoms with van der Waals surface area (Å²) in [5, 5.41) is 14.5. The van der Waals surface area contributed by atoms with Crippen molar-refractivity contribution in [2.45, 2.75) is 37.6 Å². The predicted molar refractivity (Wildman–Crippen MR) is 107 cm³/mol. The van der Waals surface area contributed by atoms with Crippen LogP contribution in [0, 0.1) is 0 Å². The van der Waals surface area contributed by atoms with Crippen LogP contribution in [0.25, 0.3) is 22.3 Å². The zero-order chi connectivity index (χ0) is 18.3. The summed E-state index contributed by atoms with van der Waals surface area (Å²) in [5.41, 5.74) is 4.23. The molecule has 1 atom stereocenters. The van der Waals surface area contributed by atoms with Crippen molar-refractivity contribution in [3.05, 3.63) is 36.8 Å². The van der Waals surface area contributed by atoms with E-state index in [9.17, 15) is 5.11 Å². The van der Waals surface area contributed by atoms with E-state index in [0.29, 0.717) is 0 Å². The van der Waals surface area contributed by atoms with Crippen LogP contribution in [0.3, 0.4) is 0 Å². The zero-order valence-electron chi connectivity index (χ0n) is 15.4. The van der Waals surface area contributed by atoms with Gasteiger partial charge in [0.15, 0.2) is 0 Å². The average Bonchev–Trinajstić information content (AvgIpc) is 3.13. The van der Waals surface area contributed by atoms with E-state index >= 15 is 0 Å². The third-order valence-electron chi connectivity index (χ3n) is 6.08. The van der Waals surface area contributed by atoms with Gasteiger partial charge in [-0.1, -0.05) is 6.42 Å². The van der Waals surface area contributed by atoms with Crippen molar-refractivity contribution < 1.29 is 5.11 Å². The van der Waals surface area contributed by atoms with E-state index in [1.807, 2.05) is 18.5 Å². The number of hydrogen-bond acceptors (Lipinski definition) is 5. The first-order valence-electron chi connectivity index (χ1n) is 9.86. The minimum absolute atomic E-state index is 0.179. The van der Waals surface area contributed by atoms with Gasteiger partial charge in [-0.05, 0) is 50.4 Å². The molecule has 3 aromatic heterocycles. The van der Waals surface area contributed by atoms with Crippen molar-refractivity contribution in [1.29, 1.82) is 0 Å². The lowest BCUT2D eigenvalue weighted by atomic mass is 9.81. The third-order valence-corrected chi connectivity index (χ3v) is 6.08. The van der Waals surface area contributed by atoms with Crippen LogP contribution in [0.4, 0.5) is 5.69 Å². The molecule has 1 spiro atoms. The molecule has 0 radical (unpaired) electrons. The van der Waals surface area contributed by atoms with Gasteiger partial charge in [-0.3, -0.25) is 4.98 Å². The van der Waals surface area contributed by atoms with Gasteiger partial charge >= 0.3 is 0 Å². The van der Waals surface area contributed by atoms with E-state index in [1.54, 1.807) is 6.07 Å². The van der Waals surface area contributed by atoms with Crippen LogP contribution in [0.1, 0.15) is 32.1 Å². The first kappa shape index (κ1) is 16.6. The molecule has 3 N–H and O–H groups in total. The molecule has 0 bridgehead atoms. The summed E-state index contributed by atoms with van der Waals surface area (Å²) in [7, 11) is 0. The summed E-state index contributed by atoms with van der Waals surface area (Å²) in [4.78, 5) is 14.8. The maximum Gasteiger partial charge on any atom is 0.140 e. The lowest BCUT2D eigenvalue weighted by molar-refractivity contribution is 0.216. The largest absolute Gasteiger partial charge is 0.506 e. The Morgan fingerprint density at radius 2 is 2.00 bits per heavy atom. The number of aromatic hydroxyl groups is 1. The van der Waals surface area contributed by atoms with Gasteiger partial charge in [-0.15, -0.1) is 0 Å². The molecule has 6 nitrogen and oxygen atoms in total. The molecule has 2 aliphatic heterocycles. The van der Waals surface area contributed by atoms with Gasteiger partial charge in [0.25, 0.3) is 0 Å². The lowest BCUT2D eigenvalue weighted by Gasteiger charge is -2.47. The van der Waals surface area contributed by atoms with Crippen LogP contribution in [0.15, 0.2) is 36.8 Å². The summed E-state index contributed by atoms with van der Waals surface area (Å²) in [6.07, 6.45) is 11.7. The molecule has 2 aliphatic rings. The zero-order valence-corrected chi connectivity index (χ0v) is 15.4. The molecule has 27 heavy (non-hydrogen) atoms. The number of H-pyrrole nitrogens is 1. The number of piperidine rings is 2. The highest BCUT2D eigenvalue weighted by molar-refractivity contribution is 6.02. The molecule has 3 aromatic rings. The van der Waals surface area contributed by atoms with E-state index in [4.69, 9.17) is 0 Å². The fourth-order valence-electron chi connectivity index (χ4n) is 4.77. The first-order chi connectivity index (χ1) is 13.2. The maximum atomic E-state index is 9.57. The number of nitrogens with one attached hydrogen (secondary N) is 2. The number of pyridine rings is 2. The molecule has 1 unspecified atom stereocenters. The van der Waals surface area contributed by atoms with Crippen molar-refractivity contribution in [3.63, 3.8) is 0 Å². The van der Waals surface area contributed by atoms with Gasteiger partial charge in [0.1, 0.15) is 11.4 Å². The van der Waals surface area contributed by atoms with Gasteiger partial charge in [0.2, 0.25) is 0 Å². The number of hydrogen-bond donors (Lipinski definition) is 3. The highest BCUT2D eigenvalue weighted by atomic mass is 16.3. The molecular weight excluding hydrogens is 338 g/mol. The van der Waals surface area contributed by atoms with Crippen LogP contribution in [0.2, 0.25) is 0 Å². The Kier molecular flexibility index (Phi) is 4.01. The molecule has 140 valence electrons. The highest BCUT2D eigenvalue weighted by Gasteiger charge is 2.36. The average molecular weight is 363 g/mol. The Hall–Kier alpha value is -2.60. The molecule has 0 aromatic carbocycles. The number of rotatable bonds is 2. The molecule has 5 heterocycles. The number of aromatic nitrogens is 3. The Bertz CT molecular complexity index is 937. The van der Waals surface area contributed by atoms with Crippen molar-refractivity contribution in [3.8, 4) is 17.0 Å². The second-order valence-electron chi connectivity index (χ2n) is 7.85. The molecule has 0 amide bonds. The van der Waals surface area contributed by atoms with Gasteiger partial charge in [-0.2, -0.15) is 0 Å². The SMILES string of the molecule is Oc1ccc(-c2c[nH]c3nccc(N4CCCC5(CCCCN5)C4)c23)nc1. The Balaban J connectivity index is 1.57. The van der Waals surface area contributed by atoms with Gasteiger partial charge in [0.05, 0.1) is 23.0 Å². The van der Waals surface area contributed by atoms with Crippen molar-refractivity contribution in [2.24, 2.45) is 0 Å². The van der Waals surface area contributed by atoms with E-state index in [1.165, 1.54) is 44.0 Å². The summed E-state index contributed by atoms with van der Waals surface area (Å²) < 4.78 is 0. The number of aromatic amines is 1. The van der Waals surface area contributed by atoms with Gasteiger partial charge in [-0.25, -0.2) is 4.98 Å².